The van der Waals surface area contributed by atoms with E-state index in [1.54, 1.807) is 0 Å². The zero-order valence-electron chi connectivity index (χ0n) is 31.4. The van der Waals surface area contributed by atoms with Gasteiger partial charge in [0, 0.05) is 25.7 Å². The Hall–Kier alpha value is -1.38. The molecule has 12 heteroatoms. The average molecular weight is 719 g/mol. The highest BCUT2D eigenvalue weighted by Crippen LogP contribution is 2.89. The molecule has 0 aromatic rings. The van der Waals surface area contributed by atoms with E-state index in [9.17, 15) is 24.9 Å². The van der Waals surface area contributed by atoms with Crippen molar-refractivity contribution in [2.75, 3.05) is 6.61 Å². The molecule has 0 aromatic heterocycles. The van der Waals surface area contributed by atoms with Gasteiger partial charge in [-0.3, -0.25) is 9.59 Å². The van der Waals surface area contributed by atoms with Crippen LogP contribution in [0.3, 0.4) is 0 Å². The molecule has 0 bridgehead atoms. The first-order valence-corrected chi connectivity index (χ1v) is 19.5. The number of aliphatic hydroxyl groups is 3. The highest BCUT2D eigenvalue weighted by atomic mass is 16.8. The molecule has 5 saturated carbocycles. The SMILES string of the molecule is CC(=O)OC1COC(OC2CCC34CC35CC(OC(C)=O)C3(C)C6C(C)CC7(OC6CC3(C)C5CCC4C2(C)C)OC(O)C2(C)OC72)C(O)C1O. The van der Waals surface area contributed by atoms with Crippen molar-refractivity contribution >= 4 is 11.9 Å². The quantitative estimate of drug-likeness (QED) is 0.220. The van der Waals surface area contributed by atoms with Gasteiger partial charge in [-0.2, -0.15) is 0 Å². The number of carbonyl (C=O) groups is 2. The maximum absolute atomic E-state index is 12.9. The molecule has 0 radical (unpaired) electrons. The lowest BCUT2D eigenvalue weighted by atomic mass is 9.41. The van der Waals surface area contributed by atoms with Crippen molar-refractivity contribution in [1.29, 1.82) is 0 Å². The largest absolute Gasteiger partial charge is 0.462 e. The summed E-state index contributed by atoms with van der Waals surface area (Å²) in [6.45, 7) is 16.3. The van der Waals surface area contributed by atoms with Gasteiger partial charge in [0.2, 0.25) is 5.79 Å². The summed E-state index contributed by atoms with van der Waals surface area (Å²) in [5, 5.41) is 32.4. The molecule has 51 heavy (non-hydrogen) atoms. The van der Waals surface area contributed by atoms with E-state index >= 15 is 0 Å². The lowest BCUT2D eigenvalue weighted by Gasteiger charge is -2.65. The molecular formula is C39H58O12. The number of epoxide rings is 1. The highest BCUT2D eigenvalue weighted by Gasteiger charge is 2.87. The molecule has 19 unspecified atom stereocenters. The van der Waals surface area contributed by atoms with Crippen LogP contribution in [-0.2, 0) is 42.7 Å². The minimum Gasteiger partial charge on any atom is -0.462 e. The van der Waals surface area contributed by atoms with Gasteiger partial charge in [-0.05, 0) is 97.2 Å². The maximum Gasteiger partial charge on any atom is 0.303 e. The first-order valence-electron chi connectivity index (χ1n) is 19.5. The summed E-state index contributed by atoms with van der Waals surface area (Å²) >= 11 is 0. The van der Waals surface area contributed by atoms with E-state index in [0.29, 0.717) is 18.3 Å². The van der Waals surface area contributed by atoms with Gasteiger partial charge in [0.05, 0.1) is 18.8 Å². The second kappa shape index (κ2) is 10.7. The molecule has 4 aliphatic heterocycles. The average Bonchev–Trinajstić information content (AvgIpc) is 3.87. The van der Waals surface area contributed by atoms with Crippen LogP contribution >= 0.6 is 0 Å². The molecule has 9 rings (SSSR count). The number of aliphatic hydroxyl groups excluding tert-OH is 3. The molecule has 0 aromatic carbocycles. The number of esters is 2. The van der Waals surface area contributed by atoms with Crippen molar-refractivity contribution in [3.05, 3.63) is 0 Å². The fourth-order valence-corrected chi connectivity index (χ4v) is 14.9. The van der Waals surface area contributed by atoms with Crippen molar-refractivity contribution in [1.82, 2.24) is 0 Å². The number of carbonyl (C=O) groups excluding carboxylic acids is 2. The van der Waals surface area contributed by atoms with Crippen LogP contribution < -0.4 is 0 Å². The smallest absolute Gasteiger partial charge is 0.303 e. The summed E-state index contributed by atoms with van der Waals surface area (Å²) in [4.78, 5) is 24.4. The van der Waals surface area contributed by atoms with E-state index in [2.05, 4.69) is 34.6 Å². The lowest BCUT2D eigenvalue weighted by molar-refractivity contribution is -0.346. The Morgan fingerprint density at radius 3 is 2.14 bits per heavy atom. The van der Waals surface area contributed by atoms with Gasteiger partial charge >= 0.3 is 11.9 Å². The molecule has 9 fully saturated rings. The molecule has 5 aliphatic carbocycles. The Balaban J connectivity index is 0.996. The van der Waals surface area contributed by atoms with E-state index in [0.717, 1.165) is 44.9 Å². The molecule has 12 nitrogen and oxygen atoms in total. The summed E-state index contributed by atoms with van der Waals surface area (Å²) in [5.74, 6) is -0.596. The number of fused-ring (bicyclic) bond motifs is 6. The zero-order valence-corrected chi connectivity index (χ0v) is 31.4. The Morgan fingerprint density at radius 2 is 1.49 bits per heavy atom. The second-order valence-corrected chi connectivity index (χ2v) is 19.5. The van der Waals surface area contributed by atoms with Crippen LogP contribution in [0.1, 0.15) is 107 Å². The topological polar surface area (TPSA) is 163 Å². The van der Waals surface area contributed by atoms with Gasteiger partial charge in [-0.1, -0.05) is 34.6 Å². The monoisotopic (exact) mass is 718 g/mol. The summed E-state index contributed by atoms with van der Waals surface area (Å²) in [6, 6.07) is 0. The van der Waals surface area contributed by atoms with Gasteiger partial charge < -0.3 is 48.5 Å². The Morgan fingerprint density at radius 1 is 0.784 bits per heavy atom. The molecule has 4 heterocycles. The predicted molar refractivity (Wildman–Crippen MR) is 177 cm³/mol. The van der Waals surface area contributed by atoms with Crippen LogP contribution in [0.15, 0.2) is 0 Å². The fourth-order valence-electron chi connectivity index (χ4n) is 14.9. The Bertz CT molecular complexity index is 1500. The van der Waals surface area contributed by atoms with Crippen molar-refractivity contribution < 1.29 is 58.1 Å². The molecule has 3 N–H and O–H groups in total. The first-order chi connectivity index (χ1) is 23.8. The zero-order chi connectivity index (χ0) is 36.5. The third-order valence-corrected chi connectivity index (χ3v) is 17.1. The maximum atomic E-state index is 12.9. The summed E-state index contributed by atoms with van der Waals surface area (Å²) in [5.41, 5.74) is -1.34. The third kappa shape index (κ3) is 4.31. The van der Waals surface area contributed by atoms with E-state index in [1.807, 2.05) is 6.92 Å². The van der Waals surface area contributed by atoms with Crippen LogP contribution in [0.5, 0.6) is 0 Å². The molecule has 286 valence electrons. The highest BCUT2D eigenvalue weighted by molar-refractivity contribution is 5.66. The van der Waals surface area contributed by atoms with Gasteiger partial charge in [-0.25, -0.2) is 0 Å². The lowest BCUT2D eigenvalue weighted by Crippen LogP contribution is -2.64. The van der Waals surface area contributed by atoms with Gasteiger partial charge in [-0.15, -0.1) is 0 Å². The van der Waals surface area contributed by atoms with Crippen molar-refractivity contribution in [2.24, 2.45) is 50.7 Å². The Labute approximate surface area is 300 Å². The second-order valence-electron chi connectivity index (χ2n) is 19.5. The summed E-state index contributed by atoms with van der Waals surface area (Å²) in [6.07, 6.45) is 0.799. The molecule has 19 atom stereocenters. The van der Waals surface area contributed by atoms with Gasteiger partial charge in [0.1, 0.15) is 30.0 Å². The van der Waals surface area contributed by atoms with Crippen LogP contribution in [0.2, 0.25) is 0 Å². The summed E-state index contributed by atoms with van der Waals surface area (Å²) in [7, 11) is 0. The van der Waals surface area contributed by atoms with Crippen molar-refractivity contribution in [2.45, 2.75) is 173 Å². The molecular weight excluding hydrogens is 660 g/mol. The van der Waals surface area contributed by atoms with Gasteiger partial charge in [0.25, 0.3) is 0 Å². The van der Waals surface area contributed by atoms with E-state index in [4.69, 9.17) is 33.2 Å². The predicted octanol–water partition coefficient (Wildman–Crippen LogP) is 3.60. The number of ether oxygens (including phenoxy) is 7. The standard InChI is InChI=1S/C39H58O12/c1-18-13-39(31-36(8,50-31)32(44)51-39)49-21-14-34(6)24-10-9-23-33(4,5)25(48-30-29(43)28(42)22(16-45-30)46-19(2)40)11-12-37(23)17-38(24,37)15-26(47-20(3)41)35(34,7)27(18)21/h18,21-32,42-44H,9-17H2,1-8H3. The summed E-state index contributed by atoms with van der Waals surface area (Å²) < 4.78 is 43.3. The van der Waals surface area contributed by atoms with Gasteiger partial charge in [0.15, 0.2) is 18.7 Å². The van der Waals surface area contributed by atoms with E-state index in [-0.39, 0.29) is 75.9 Å². The molecule has 9 aliphatic rings. The van der Waals surface area contributed by atoms with E-state index < -0.39 is 48.2 Å². The number of hydrogen-bond acceptors (Lipinski definition) is 12. The molecule has 0 amide bonds. The normalized spacial score (nSPS) is 60.1. The number of hydrogen-bond donors (Lipinski definition) is 3. The van der Waals surface area contributed by atoms with Crippen LogP contribution in [-0.4, -0.2) is 101 Å². The van der Waals surface area contributed by atoms with Crippen molar-refractivity contribution in [3.63, 3.8) is 0 Å². The van der Waals surface area contributed by atoms with Crippen molar-refractivity contribution in [3.8, 4) is 0 Å². The van der Waals surface area contributed by atoms with Crippen LogP contribution in [0.4, 0.5) is 0 Å². The Kier molecular flexibility index (Phi) is 7.40. The minimum absolute atomic E-state index is 0.0213. The van der Waals surface area contributed by atoms with Crippen LogP contribution in [0.25, 0.3) is 0 Å². The third-order valence-electron chi connectivity index (χ3n) is 17.1. The first kappa shape index (κ1) is 35.3. The van der Waals surface area contributed by atoms with Crippen LogP contribution in [0, 0.1) is 50.7 Å². The fraction of sp³-hybridized carbons (Fsp3) is 0.949. The van der Waals surface area contributed by atoms with E-state index in [1.165, 1.54) is 13.8 Å². The molecule has 3 spiro atoms. The number of rotatable bonds is 4. The minimum atomic E-state index is -1.34. The molecule has 4 saturated heterocycles.